The van der Waals surface area contributed by atoms with Gasteiger partial charge in [0, 0.05) is 12.7 Å². The van der Waals surface area contributed by atoms with Gasteiger partial charge < -0.3 is 10.2 Å². The topological polar surface area (TPSA) is 32.3 Å². The lowest BCUT2D eigenvalue weighted by atomic mass is 10.3. The number of halogens is 1. The second-order valence-electron chi connectivity index (χ2n) is 2.96. The molecule has 1 aromatic carbocycles. The molecule has 0 aromatic heterocycles. The lowest BCUT2D eigenvalue weighted by Gasteiger charge is -2.16. The first kappa shape index (κ1) is 10.7. The minimum Gasteiger partial charge on any atom is -0.314 e. The van der Waals surface area contributed by atoms with Crippen LogP contribution in [0.25, 0.3) is 0 Å². The number of hydrogen-bond acceptors (Lipinski definition) is 2. The Morgan fingerprint density at radius 2 is 2.00 bits per heavy atom. The van der Waals surface area contributed by atoms with Crippen molar-refractivity contribution in [1.29, 1.82) is 0 Å². The van der Waals surface area contributed by atoms with E-state index in [1.54, 1.807) is 26.2 Å². The van der Waals surface area contributed by atoms with Crippen molar-refractivity contribution in [2.24, 2.45) is 0 Å². The summed E-state index contributed by atoms with van der Waals surface area (Å²) in [6.45, 7) is 0.272. The van der Waals surface area contributed by atoms with Gasteiger partial charge in [0.2, 0.25) is 5.91 Å². The zero-order chi connectivity index (χ0) is 10.6. The third-order valence-electron chi connectivity index (χ3n) is 1.92. The highest BCUT2D eigenvalue weighted by atomic mass is 19.1. The van der Waals surface area contributed by atoms with Crippen molar-refractivity contribution in [1.82, 2.24) is 5.32 Å². The molecule has 0 aliphatic rings. The van der Waals surface area contributed by atoms with Gasteiger partial charge in [0.15, 0.2) is 0 Å². The number of nitrogens with zero attached hydrogens (tertiary/aromatic N) is 1. The highest BCUT2D eigenvalue weighted by Crippen LogP contribution is 2.12. The number of benzene rings is 1. The molecular formula is C10H13FN2O. The molecule has 1 rings (SSSR count). The van der Waals surface area contributed by atoms with E-state index in [0.717, 1.165) is 0 Å². The van der Waals surface area contributed by atoms with Crippen LogP contribution in [0.5, 0.6) is 0 Å². The molecule has 0 saturated heterocycles. The van der Waals surface area contributed by atoms with Crippen LogP contribution in [0, 0.1) is 5.82 Å². The number of anilines is 1. The number of carbonyl (C=O) groups excluding carboxylic acids is 1. The van der Waals surface area contributed by atoms with E-state index >= 15 is 0 Å². The fraction of sp³-hybridized carbons (Fsp3) is 0.300. The van der Waals surface area contributed by atoms with Crippen LogP contribution in [0.15, 0.2) is 24.3 Å². The molecule has 0 aliphatic heterocycles. The monoisotopic (exact) mass is 196 g/mol. The lowest BCUT2D eigenvalue weighted by Crippen LogP contribution is -2.34. The van der Waals surface area contributed by atoms with Crippen LogP contribution in [-0.2, 0) is 4.79 Å². The molecule has 0 spiro atoms. The van der Waals surface area contributed by atoms with Gasteiger partial charge in [-0.15, -0.1) is 0 Å². The fourth-order valence-electron chi connectivity index (χ4n) is 1.08. The number of nitrogens with one attached hydrogen (secondary N) is 1. The third-order valence-corrected chi connectivity index (χ3v) is 1.92. The van der Waals surface area contributed by atoms with Crippen molar-refractivity contribution >= 4 is 11.6 Å². The minimum absolute atomic E-state index is 0.0564. The second kappa shape index (κ2) is 4.72. The standard InChI is InChI=1S/C10H13FN2O/c1-12-7-10(14)13(2)9-5-3-8(11)4-6-9/h3-6,12H,7H2,1-2H3. The lowest BCUT2D eigenvalue weighted by molar-refractivity contribution is -0.117. The van der Waals surface area contributed by atoms with Crippen molar-refractivity contribution in [3.05, 3.63) is 30.1 Å². The van der Waals surface area contributed by atoms with Crippen molar-refractivity contribution in [3.63, 3.8) is 0 Å². The highest BCUT2D eigenvalue weighted by Gasteiger charge is 2.08. The van der Waals surface area contributed by atoms with Crippen molar-refractivity contribution in [2.45, 2.75) is 0 Å². The first-order chi connectivity index (χ1) is 6.65. The summed E-state index contributed by atoms with van der Waals surface area (Å²) < 4.78 is 12.6. The molecule has 0 saturated carbocycles. The minimum atomic E-state index is -0.303. The number of likely N-dealkylation sites (N-methyl/N-ethyl adjacent to an activating group) is 2. The Kier molecular flexibility index (Phi) is 3.59. The summed E-state index contributed by atoms with van der Waals surface area (Å²) >= 11 is 0. The van der Waals surface area contributed by atoms with E-state index in [-0.39, 0.29) is 18.3 Å². The van der Waals surface area contributed by atoms with Crippen LogP contribution in [0.2, 0.25) is 0 Å². The molecule has 4 heteroatoms. The molecule has 0 heterocycles. The van der Waals surface area contributed by atoms with Gasteiger partial charge in [-0.05, 0) is 31.3 Å². The molecule has 1 aromatic rings. The second-order valence-corrected chi connectivity index (χ2v) is 2.96. The molecule has 0 fully saturated rings. The molecular weight excluding hydrogens is 183 g/mol. The zero-order valence-corrected chi connectivity index (χ0v) is 8.25. The van der Waals surface area contributed by atoms with Gasteiger partial charge in [-0.2, -0.15) is 0 Å². The van der Waals surface area contributed by atoms with Crippen LogP contribution in [0.4, 0.5) is 10.1 Å². The summed E-state index contributed by atoms with van der Waals surface area (Å²) in [6, 6.07) is 5.81. The van der Waals surface area contributed by atoms with Crippen LogP contribution >= 0.6 is 0 Å². The molecule has 14 heavy (non-hydrogen) atoms. The summed E-state index contributed by atoms with van der Waals surface area (Å²) in [7, 11) is 3.36. The number of amides is 1. The molecule has 0 radical (unpaired) electrons. The number of carbonyl (C=O) groups is 1. The fourth-order valence-corrected chi connectivity index (χ4v) is 1.08. The van der Waals surface area contributed by atoms with E-state index in [4.69, 9.17) is 0 Å². The summed E-state index contributed by atoms with van der Waals surface area (Å²) in [5.74, 6) is -0.359. The Labute approximate surface area is 82.5 Å². The molecule has 0 bridgehead atoms. The van der Waals surface area contributed by atoms with Crippen LogP contribution in [-0.4, -0.2) is 26.5 Å². The van der Waals surface area contributed by atoms with E-state index in [2.05, 4.69) is 5.32 Å². The third kappa shape index (κ3) is 2.53. The Morgan fingerprint density at radius 1 is 1.43 bits per heavy atom. The van der Waals surface area contributed by atoms with E-state index in [1.807, 2.05) is 0 Å². The van der Waals surface area contributed by atoms with Gasteiger partial charge in [0.25, 0.3) is 0 Å². The highest BCUT2D eigenvalue weighted by molar-refractivity contribution is 5.94. The molecule has 0 atom stereocenters. The zero-order valence-electron chi connectivity index (χ0n) is 8.25. The van der Waals surface area contributed by atoms with Gasteiger partial charge in [-0.25, -0.2) is 4.39 Å². The number of rotatable bonds is 3. The van der Waals surface area contributed by atoms with Gasteiger partial charge in [0.1, 0.15) is 5.82 Å². The molecule has 0 aliphatic carbocycles. The van der Waals surface area contributed by atoms with Crippen molar-refractivity contribution in [2.75, 3.05) is 25.5 Å². The average Bonchev–Trinajstić information content (AvgIpc) is 2.18. The molecule has 3 nitrogen and oxygen atoms in total. The summed E-state index contributed by atoms with van der Waals surface area (Å²) in [5.41, 5.74) is 0.687. The first-order valence-corrected chi connectivity index (χ1v) is 4.32. The van der Waals surface area contributed by atoms with Crippen molar-refractivity contribution in [3.8, 4) is 0 Å². The van der Waals surface area contributed by atoms with Crippen LogP contribution in [0.3, 0.4) is 0 Å². The quantitative estimate of drug-likeness (QED) is 0.782. The van der Waals surface area contributed by atoms with E-state index < -0.39 is 0 Å². The predicted molar refractivity (Wildman–Crippen MR) is 53.7 cm³/mol. The van der Waals surface area contributed by atoms with E-state index in [9.17, 15) is 9.18 Å². The maximum Gasteiger partial charge on any atom is 0.240 e. The summed E-state index contributed by atoms with van der Waals surface area (Å²) in [6.07, 6.45) is 0. The first-order valence-electron chi connectivity index (χ1n) is 4.32. The average molecular weight is 196 g/mol. The van der Waals surface area contributed by atoms with Crippen LogP contribution < -0.4 is 10.2 Å². The van der Waals surface area contributed by atoms with E-state index in [0.29, 0.717) is 5.69 Å². The normalized spacial score (nSPS) is 9.93. The van der Waals surface area contributed by atoms with Gasteiger partial charge in [0.05, 0.1) is 6.54 Å². The van der Waals surface area contributed by atoms with Gasteiger partial charge in [-0.1, -0.05) is 0 Å². The van der Waals surface area contributed by atoms with E-state index in [1.165, 1.54) is 17.0 Å². The molecule has 0 unspecified atom stereocenters. The molecule has 76 valence electrons. The Hall–Kier alpha value is -1.42. The van der Waals surface area contributed by atoms with Gasteiger partial charge >= 0.3 is 0 Å². The molecule has 1 amide bonds. The summed E-state index contributed by atoms with van der Waals surface area (Å²) in [4.78, 5) is 12.9. The number of hydrogen-bond donors (Lipinski definition) is 1. The van der Waals surface area contributed by atoms with Crippen molar-refractivity contribution < 1.29 is 9.18 Å². The SMILES string of the molecule is CNCC(=O)N(C)c1ccc(F)cc1. The maximum absolute atomic E-state index is 12.6. The summed E-state index contributed by atoms with van der Waals surface area (Å²) in [5, 5.41) is 2.76. The maximum atomic E-state index is 12.6. The smallest absolute Gasteiger partial charge is 0.240 e. The molecule has 1 N–H and O–H groups in total. The largest absolute Gasteiger partial charge is 0.314 e. The van der Waals surface area contributed by atoms with Crippen LogP contribution in [0.1, 0.15) is 0 Å². The Morgan fingerprint density at radius 3 is 2.50 bits per heavy atom. The van der Waals surface area contributed by atoms with Gasteiger partial charge in [-0.3, -0.25) is 4.79 Å². The predicted octanol–water partition coefficient (Wildman–Crippen LogP) is 1.01. The Balaban J connectivity index is 2.73. The Bertz CT molecular complexity index is 310.